The van der Waals surface area contributed by atoms with Crippen molar-refractivity contribution in [2.45, 2.75) is 101 Å². The quantitative estimate of drug-likeness (QED) is 0.177. The van der Waals surface area contributed by atoms with Crippen molar-refractivity contribution in [2.24, 2.45) is 11.7 Å². The van der Waals surface area contributed by atoms with Crippen LogP contribution in [0.15, 0.2) is 65.6 Å². The molecule has 2 aliphatic heterocycles. The van der Waals surface area contributed by atoms with Crippen LogP contribution in [-0.2, 0) is 36.4 Å². The van der Waals surface area contributed by atoms with Gasteiger partial charge in [-0.05, 0) is 109 Å². The zero-order valence-electron chi connectivity index (χ0n) is 30.6. The average molecular weight is 793 g/mol. The zero-order chi connectivity index (χ0) is 38.4. The van der Waals surface area contributed by atoms with E-state index in [0.717, 1.165) is 11.1 Å². The Bertz CT molecular complexity index is 1870. The highest BCUT2D eigenvalue weighted by molar-refractivity contribution is 7.89. The highest BCUT2D eigenvalue weighted by Crippen LogP contribution is 2.52. The van der Waals surface area contributed by atoms with Crippen LogP contribution >= 0.6 is 34.8 Å². The number of nitrogens with one attached hydrogen (secondary N) is 3. The van der Waals surface area contributed by atoms with Crippen molar-refractivity contribution in [1.29, 1.82) is 0 Å². The van der Waals surface area contributed by atoms with Crippen LogP contribution in [0.1, 0.15) is 84.4 Å². The number of carbonyl (C=O) groups excluding carboxylic acids is 2. The Hall–Kier alpha value is -2.90. The van der Waals surface area contributed by atoms with E-state index in [1.54, 1.807) is 49.9 Å². The Morgan fingerprint density at radius 2 is 1.40 bits per heavy atom. The van der Waals surface area contributed by atoms with E-state index in [1.807, 2.05) is 52.0 Å². The van der Waals surface area contributed by atoms with E-state index in [-0.39, 0.29) is 51.5 Å². The second-order valence-corrected chi connectivity index (χ2v) is 18.4. The van der Waals surface area contributed by atoms with Crippen LogP contribution in [0.4, 0.5) is 0 Å². The van der Waals surface area contributed by atoms with E-state index in [9.17, 15) is 13.2 Å². The fraction of sp³-hybridized carbons (Fsp3) is 0.474. The number of piperidine rings is 1. The highest BCUT2D eigenvalue weighted by atomic mass is 35.5. The largest absolute Gasteiger partial charge is 0.491 e. The maximum Gasteiger partial charge on any atom is 0.262 e. The molecule has 5 rings (SSSR count). The molecule has 14 heteroatoms. The van der Waals surface area contributed by atoms with Gasteiger partial charge in [0.2, 0.25) is 15.9 Å². The van der Waals surface area contributed by atoms with Gasteiger partial charge in [0.15, 0.2) is 5.66 Å². The lowest BCUT2D eigenvalue weighted by atomic mass is 9.72. The summed E-state index contributed by atoms with van der Waals surface area (Å²) in [7, 11) is -4.20. The van der Waals surface area contributed by atoms with E-state index >= 15 is 4.79 Å². The number of sulfonamides is 1. The van der Waals surface area contributed by atoms with Crippen molar-refractivity contribution in [2.75, 3.05) is 13.1 Å². The number of ether oxygens (including phenoxy) is 1. The first kappa shape index (κ1) is 40.3. The van der Waals surface area contributed by atoms with Gasteiger partial charge >= 0.3 is 0 Å². The molecular formula is C38H48Cl3N5O5S. The molecule has 5 N–H and O–H groups in total. The number of hydrogen-bond acceptors (Lipinski definition) is 7. The molecule has 2 saturated heterocycles. The van der Waals surface area contributed by atoms with Crippen molar-refractivity contribution >= 4 is 56.6 Å². The monoisotopic (exact) mass is 791 g/mol. The highest BCUT2D eigenvalue weighted by Gasteiger charge is 2.65. The molecule has 282 valence electrons. The van der Waals surface area contributed by atoms with Crippen LogP contribution in [0.2, 0.25) is 15.1 Å². The molecular weight excluding hydrogens is 745 g/mol. The van der Waals surface area contributed by atoms with Crippen LogP contribution in [0.3, 0.4) is 0 Å². The Morgan fingerprint density at radius 3 is 1.83 bits per heavy atom. The van der Waals surface area contributed by atoms with Gasteiger partial charge in [-0.1, -0.05) is 59.1 Å². The zero-order valence-corrected chi connectivity index (χ0v) is 33.7. The molecule has 2 heterocycles. The van der Waals surface area contributed by atoms with Crippen LogP contribution < -0.4 is 25.8 Å². The topological polar surface area (TPSA) is 143 Å². The third kappa shape index (κ3) is 7.97. The summed E-state index contributed by atoms with van der Waals surface area (Å²) in [4.78, 5) is 28.8. The van der Waals surface area contributed by atoms with Gasteiger partial charge in [0.1, 0.15) is 10.6 Å². The summed E-state index contributed by atoms with van der Waals surface area (Å²) in [5.74, 6) is -0.472. The van der Waals surface area contributed by atoms with E-state index < -0.39 is 32.3 Å². The molecule has 2 fully saturated rings. The maximum atomic E-state index is 15.5. The van der Waals surface area contributed by atoms with Gasteiger partial charge in [-0.25, -0.2) is 13.1 Å². The molecule has 2 aliphatic rings. The number of hydrogen-bond donors (Lipinski definition) is 4. The summed E-state index contributed by atoms with van der Waals surface area (Å²) < 4.78 is 37.1. The van der Waals surface area contributed by atoms with E-state index in [4.69, 9.17) is 45.3 Å². The number of halogens is 3. The van der Waals surface area contributed by atoms with Crippen LogP contribution in [0.5, 0.6) is 5.75 Å². The number of carbonyl (C=O) groups is 2. The number of primary amides is 1. The van der Waals surface area contributed by atoms with Crippen LogP contribution in [-0.4, -0.2) is 49.9 Å². The molecule has 0 radical (unpaired) electrons. The lowest BCUT2D eigenvalue weighted by molar-refractivity contribution is -0.141. The van der Waals surface area contributed by atoms with Crippen molar-refractivity contribution < 1.29 is 22.7 Å². The SMILES string of the molecule is CC(C)Oc1cc(Cl)c(S(=O)(=O)NC(C)(C)C)cc1C1(C(=O)N2CCC(CC(N)=O)CC2)N[C@@](C)(c2ccc(Cl)cc2)[C@@](C)(c2ccc(Cl)cc2)N1. The fourth-order valence-electron chi connectivity index (χ4n) is 7.38. The predicted molar refractivity (Wildman–Crippen MR) is 206 cm³/mol. The maximum absolute atomic E-state index is 15.5. The summed E-state index contributed by atoms with van der Waals surface area (Å²) in [6.45, 7) is 13.6. The first-order chi connectivity index (χ1) is 24.1. The summed E-state index contributed by atoms with van der Waals surface area (Å²) >= 11 is 19.5. The summed E-state index contributed by atoms with van der Waals surface area (Å²) in [5.41, 5.74) is 2.64. The molecule has 1 unspecified atom stereocenters. The van der Waals surface area contributed by atoms with E-state index in [2.05, 4.69) is 15.4 Å². The third-order valence-electron chi connectivity index (χ3n) is 9.96. The number of benzene rings is 3. The lowest BCUT2D eigenvalue weighted by Gasteiger charge is -2.41. The molecule has 10 nitrogen and oxygen atoms in total. The van der Waals surface area contributed by atoms with Crippen molar-refractivity contribution in [1.82, 2.24) is 20.3 Å². The lowest BCUT2D eigenvalue weighted by Crippen LogP contribution is -2.61. The normalized spacial score (nSPS) is 24.3. The van der Waals surface area contributed by atoms with Crippen molar-refractivity contribution in [3.63, 3.8) is 0 Å². The molecule has 0 aromatic heterocycles. The number of likely N-dealkylation sites (tertiary alicyclic amines) is 1. The van der Waals surface area contributed by atoms with Crippen LogP contribution in [0.25, 0.3) is 0 Å². The molecule has 0 bridgehead atoms. The minimum Gasteiger partial charge on any atom is -0.491 e. The molecule has 0 aliphatic carbocycles. The van der Waals surface area contributed by atoms with Crippen molar-refractivity contribution in [3.8, 4) is 5.75 Å². The van der Waals surface area contributed by atoms with Crippen LogP contribution in [0, 0.1) is 5.92 Å². The molecule has 3 aromatic rings. The minimum atomic E-state index is -4.20. The van der Waals surface area contributed by atoms with Gasteiger partial charge in [-0.3, -0.25) is 20.2 Å². The standard InChI is InChI=1S/C38H48Cl3N5O5S/c1-23(2)51-31-22-30(41)32(52(49,50)45-35(3,4)5)21-29(31)38(34(48)46-18-16-24(17-19-46)20-33(42)47)43-36(6,25-8-12-27(39)13-9-25)37(7,44-38)26-10-14-28(40)15-11-26/h8-15,21-24,43-45H,16-20H2,1-7H3,(H2,42,47)/t36-,37+,38?. The average Bonchev–Trinajstić information content (AvgIpc) is 3.28. The van der Waals surface area contributed by atoms with E-state index in [1.165, 1.54) is 12.1 Å². The number of nitrogens with zero attached hydrogens (tertiary/aromatic N) is 1. The molecule has 3 aromatic carbocycles. The van der Waals surface area contributed by atoms with Gasteiger partial charge in [0.05, 0.1) is 22.2 Å². The molecule has 3 atom stereocenters. The number of rotatable bonds is 10. The molecule has 0 spiro atoms. The first-order valence-electron chi connectivity index (χ1n) is 17.3. The molecule has 2 amide bonds. The Labute approximate surface area is 322 Å². The Morgan fingerprint density at radius 1 is 0.923 bits per heavy atom. The second-order valence-electron chi connectivity index (χ2n) is 15.5. The van der Waals surface area contributed by atoms with E-state index in [0.29, 0.717) is 36.0 Å². The summed E-state index contributed by atoms with van der Waals surface area (Å²) in [6.07, 6.45) is 1.00. The van der Waals surface area contributed by atoms with Gasteiger partial charge in [0, 0.05) is 46.7 Å². The van der Waals surface area contributed by atoms with Crippen molar-refractivity contribution in [3.05, 3.63) is 92.4 Å². The fourth-order valence-corrected chi connectivity index (χ4v) is 9.60. The number of nitrogens with two attached hydrogens (primary N) is 1. The molecule has 0 saturated carbocycles. The van der Waals surface area contributed by atoms with Gasteiger partial charge in [-0.15, -0.1) is 0 Å². The Balaban J connectivity index is 1.82. The van der Waals surface area contributed by atoms with Gasteiger partial charge < -0.3 is 15.4 Å². The molecule has 52 heavy (non-hydrogen) atoms. The minimum absolute atomic E-state index is 0.0382. The first-order valence-corrected chi connectivity index (χ1v) is 19.9. The third-order valence-corrected chi connectivity index (χ3v) is 12.7. The Kier molecular flexibility index (Phi) is 11.4. The summed E-state index contributed by atoms with van der Waals surface area (Å²) in [6, 6.07) is 17.6. The summed E-state index contributed by atoms with van der Waals surface area (Å²) in [5, 5.41) is 8.51. The second kappa shape index (κ2) is 14.7. The smallest absolute Gasteiger partial charge is 0.262 e. The van der Waals surface area contributed by atoms with Gasteiger partial charge in [0.25, 0.3) is 5.91 Å². The number of amides is 2. The predicted octanol–water partition coefficient (Wildman–Crippen LogP) is 6.80. The van der Waals surface area contributed by atoms with Gasteiger partial charge in [-0.2, -0.15) is 0 Å².